The second-order valence-electron chi connectivity index (χ2n) is 5.03. The number of halogens is 1. The Morgan fingerprint density at radius 1 is 1.50 bits per heavy atom. The Balaban J connectivity index is 1.89. The van der Waals surface area contributed by atoms with E-state index in [9.17, 15) is 0 Å². The summed E-state index contributed by atoms with van der Waals surface area (Å²) in [5.74, 6) is 0.744. The van der Waals surface area contributed by atoms with Crippen LogP contribution in [0.1, 0.15) is 12.8 Å². The first kappa shape index (κ1) is 13.8. The lowest BCUT2D eigenvalue weighted by molar-refractivity contribution is 0.0706. The van der Waals surface area contributed by atoms with Gasteiger partial charge in [-0.1, -0.05) is 0 Å². The molecule has 2 atom stereocenters. The van der Waals surface area contributed by atoms with Crippen LogP contribution in [-0.4, -0.2) is 46.9 Å². The van der Waals surface area contributed by atoms with Crippen LogP contribution >= 0.6 is 15.9 Å². The fraction of sp³-hybridized carbons (Fsp3) is 0.538. The Hall–Kier alpha value is -1.18. The lowest BCUT2D eigenvalue weighted by atomic mass is 10.00. The molecule has 0 bridgehead atoms. The van der Waals surface area contributed by atoms with E-state index in [0.29, 0.717) is 6.54 Å². The van der Waals surface area contributed by atoms with Crippen molar-refractivity contribution in [2.75, 3.05) is 25.1 Å². The second-order valence-corrected chi connectivity index (χ2v) is 5.94. The van der Waals surface area contributed by atoms with Gasteiger partial charge in [0, 0.05) is 36.9 Å². The monoisotopic (exact) mass is 339 g/mol. The Bertz CT molecular complexity index is 601. The zero-order valence-electron chi connectivity index (χ0n) is 11.4. The fourth-order valence-corrected chi connectivity index (χ4v) is 3.01. The Morgan fingerprint density at radius 3 is 3.10 bits per heavy atom. The molecule has 0 aromatic carbocycles. The third-order valence-electron chi connectivity index (χ3n) is 3.81. The third-order valence-corrected chi connectivity index (χ3v) is 4.28. The zero-order valence-corrected chi connectivity index (χ0v) is 13.0. The molecule has 108 valence electrons. The lowest BCUT2D eigenvalue weighted by Gasteiger charge is -2.37. The van der Waals surface area contributed by atoms with Crippen LogP contribution in [-0.2, 0) is 4.74 Å². The molecule has 2 N–H and O–H groups in total. The molecule has 2 aromatic rings. The SMILES string of the molecule is COC1CCN(c2nc3ccc(Br)cn3n2)C(CN)C1. The van der Waals surface area contributed by atoms with E-state index in [0.717, 1.165) is 35.5 Å². The molecule has 7 heteroatoms. The maximum Gasteiger partial charge on any atom is 0.245 e. The summed E-state index contributed by atoms with van der Waals surface area (Å²) in [6.07, 6.45) is 4.09. The number of nitrogens with two attached hydrogens (primary N) is 1. The highest BCUT2D eigenvalue weighted by Crippen LogP contribution is 2.24. The van der Waals surface area contributed by atoms with Crippen LogP contribution in [0.2, 0.25) is 0 Å². The smallest absolute Gasteiger partial charge is 0.245 e. The number of ether oxygens (including phenoxy) is 1. The van der Waals surface area contributed by atoms with Gasteiger partial charge in [-0.3, -0.25) is 0 Å². The quantitative estimate of drug-likeness (QED) is 0.916. The van der Waals surface area contributed by atoms with Gasteiger partial charge in [-0.05, 0) is 40.9 Å². The Kier molecular flexibility index (Phi) is 3.91. The molecule has 0 aliphatic carbocycles. The Labute approximate surface area is 126 Å². The van der Waals surface area contributed by atoms with Gasteiger partial charge < -0.3 is 15.4 Å². The van der Waals surface area contributed by atoms with E-state index in [4.69, 9.17) is 10.5 Å². The highest BCUT2D eigenvalue weighted by Gasteiger charge is 2.29. The van der Waals surface area contributed by atoms with Gasteiger partial charge in [-0.15, -0.1) is 5.10 Å². The van der Waals surface area contributed by atoms with Crippen LogP contribution in [0.4, 0.5) is 5.95 Å². The molecule has 2 aromatic heterocycles. The fourth-order valence-electron chi connectivity index (χ4n) is 2.68. The summed E-state index contributed by atoms with van der Waals surface area (Å²) in [5, 5.41) is 4.55. The Morgan fingerprint density at radius 2 is 2.35 bits per heavy atom. The lowest BCUT2D eigenvalue weighted by Crippen LogP contribution is -2.49. The largest absolute Gasteiger partial charge is 0.381 e. The van der Waals surface area contributed by atoms with Crippen molar-refractivity contribution in [3.05, 3.63) is 22.8 Å². The van der Waals surface area contributed by atoms with Crippen molar-refractivity contribution >= 4 is 27.5 Å². The van der Waals surface area contributed by atoms with E-state index in [1.165, 1.54) is 0 Å². The van der Waals surface area contributed by atoms with E-state index in [1.807, 2.05) is 18.3 Å². The van der Waals surface area contributed by atoms with E-state index in [-0.39, 0.29) is 12.1 Å². The summed E-state index contributed by atoms with van der Waals surface area (Å²) in [5.41, 5.74) is 6.74. The van der Waals surface area contributed by atoms with Gasteiger partial charge in [0.1, 0.15) is 0 Å². The maximum atomic E-state index is 5.90. The standard InChI is InChI=1S/C13H18BrN5O/c1-20-11-4-5-18(10(6-11)7-15)13-16-12-3-2-9(14)8-19(12)17-13/h2-3,8,10-11H,4-7,15H2,1H3. The molecular weight excluding hydrogens is 322 g/mol. The molecule has 0 radical (unpaired) electrons. The molecule has 1 saturated heterocycles. The third kappa shape index (κ3) is 2.53. The molecule has 20 heavy (non-hydrogen) atoms. The molecule has 1 aliphatic heterocycles. The number of methoxy groups -OCH3 is 1. The average molecular weight is 340 g/mol. The molecule has 0 spiro atoms. The highest BCUT2D eigenvalue weighted by molar-refractivity contribution is 9.10. The van der Waals surface area contributed by atoms with Crippen LogP contribution in [0, 0.1) is 0 Å². The second kappa shape index (κ2) is 5.67. The van der Waals surface area contributed by atoms with Crippen LogP contribution in [0.25, 0.3) is 5.65 Å². The topological polar surface area (TPSA) is 68.7 Å². The van der Waals surface area contributed by atoms with Gasteiger partial charge in [0.25, 0.3) is 0 Å². The van der Waals surface area contributed by atoms with Crippen molar-refractivity contribution in [2.45, 2.75) is 25.0 Å². The van der Waals surface area contributed by atoms with Crippen LogP contribution < -0.4 is 10.6 Å². The summed E-state index contributed by atoms with van der Waals surface area (Å²) < 4.78 is 8.22. The molecular formula is C13H18BrN5O. The number of piperidine rings is 1. The van der Waals surface area contributed by atoms with Gasteiger partial charge >= 0.3 is 0 Å². The summed E-state index contributed by atoms with van der Waals surface area (Å²) in [6, 6.07) is 4.14. The van der Waals surface area contributed by atoms with E-state index in [2.05, 4.69) is 30.9 Å². The molecule has 1 fully saturated rings. The van der Waals surface area contributed by atoms with E-state index in [1.54, 1.807) is 11.6 Å². The van der Waals surface area contributed by atoms with Gasteiger partial charge in [0.05, 0.1) is 6.10 Å². The van der Waals surface area contributed by atoms with Crippen molar-refractivity contribution in [2.24, 2.45) is 5.73 Å². The maximum absolute atomic E-state index is 5.90. The number of nitrogens with zero attached hydrogens (tertiary/aromatic N) is 4. The summed E-state index contributed by atoms with van der Waals surface area (Å²) in [7, 11) is 1.76. The van der Waals surface area contributed by atoms with Crippen LogP contribution in [0.5, 0.6) is 0 Å². The van der Waals surface area contributed by atoms with E-state index >= 15 is 0 Å². The first-order chi connectivity index (χ1) is 9.71. The molecule has 0 saturated carbocycles. The van der Waals surface area contributed by atoms with Crippen LogP contribution in [0.15, 0.2) is 22.8 Å². The predicted molar refractivity (Wildman–Crippen MR) is 80.9 cm³/mol. The van der Waals surface area contributed by atoms with Crippen molar-refractivity contribution in [3.63, 3.8) is 0 Å². The summed E-state index contributed by atoms with van der Waals surface area (Å²) in [4.78, 5) is 6.78. The number of hydrogen-bond donors (Lipinski definition) is 1. The molecule has 1 aliphatic rings. The first-order valence-corrected chi connectivity index (χ1v) is 7.52. The highest BCUT2D eigenvalue weighted by atomic mass is 79.9. The number of anilines is 1. The molecule has 3 rings (SSSR count). The predicted octanol–water partition coefficient (Wildman–Crippen LogP) is 1.43. The summed E-state index contributed by atoms with van der Waals surface area (Å²) >= 11 is 3.44. The van der Waals surface area contributed by atoms with Crippen molar-refractivity contribution < 1.29 is 4.74 Å². The normalized spacial score (nSPS) is 23.4. The van der Waals surface area contributed by atoms with Gasteiger partial charge in [-0.2, -0.15) is 4.98 Å². The van der Waals surface area contributed by atoms with Crippen molar-refractivity contribution in [1.82, 2.24) is 14.6 Å². The minimum atomic E-state index is 0.231. The number of fused-ring (bicyclic) bond motifs is 1. The molecule has 2 unspecified atom stereocenters. The number of aromatic nitrogens is 3. The molecule has 3 heterocycles. The first-order valence-electron chi connectivity index (χ1n) is 6.72. The van der Waals surface area contributed by atoms with Crippen molar-refractivity contribution in [1.29, 1.82) is 0 Å². The molecule has 6 nitrogen and oxygen atoms in total. The number of rotatable bonds is 3. The number of hydrogen-bond acceptors (Lipinski definition) is 5. The minimum absolute atomic E-state index is 0.231. The zero-order chi connectivity index (χ0) is 14.1. The van der Waals surface area contributed by atoms with Gasteiger partial charge in [0.2, 0.25) is 5.95 Å². The number of pyridine rings is 1. The summed E-state index contributed by atoms with van der Waals surface area (Å²) in [6.45, 7) is 1.46. The minimum Gasteiger partial charge on any atom is -0.381 e. The molecule has 0 amide bonds. The van der Waals surface area contributed by atoms with Crippen LogP contribution in [0.3, 0.4) is 0 Å². The van der Waals surface area contributed by atoms with Crippen molar-refractivity contribution in [3.8, 4) is 0 Å². The van der Waals surface area contributed by atoms with Gasteiger partial charge in [-0.25, -0.2) is 4.52 Å². The van der Waals surface area contributed by atoms with Gasteiger partial charge in [0.15, 0.2) is 5.65 Å². The average Bonchev–Trinajstić information content (AvgIpc) is 2.89. The van der Waals surface area contributed by atoms with E-state index < -0.39 is 0 Å².